The lowest BCUT2D eigenvalue weighted by Gasteiger charge is -2.31. The van der Waals surface area contributed by atoms with E-state index in [0.717, 1.165) is 22.2 Å². The number of carbonyl (C=O) groups is 2. The standard InChI is InChI=1S/C16H21BrN2O3S/c1-2-22-16(21)19-9-7-13(8-10-19)18-15(20)11-23-14-5-3-12(17)4-6-14/h3-6,13H,2,7-11H2,1H3,(H,18,20). The lowest BCUT2D eigenvalue weighted by atomic mass is 10.1. The molecule has 0 unspecified atom stereocenters. The lowest BCUT2D eigenvalue weighted by molar-refractivity contribution is -0.119. The van der Waals surface area contributed by atoms with Gasteiger partial charge in [-0.3, -0.25) is 4.79 Å². The van der Waals surface area contributed by atoms with Crippen molar-refractivity contribution in [2.75, 3.05) is 25.4 Å². The monoisotopic (exact) mass is 400 g/mol. The molecule has 1 aromatic carbocycles. The van der Waals surface area contributed by atoms with Crippen LogP contribution in [-0.2, 0) is 9.53 Å². The molecule has 0 atom stereocenters. The fourth-order valence-corrected chi connectivity index (χ4v) is 3.34. The highest BCUT2D eigenvalue weighted by Gasteiger charge is 2.24. The molecule has 1 N–H and O–H groups in total. The van der Waals surface area contributed by atoms with Crippen LogP contribution in [0.25, 0.3) is 0 Å². The fourth-order valence-electron chi connectivity index (χ4n) is 2.37. The van der Waals surface area contributed by atoms with Crippen LogP contribution in [0, 0.1) is 0 Å². The van der Waals surface area contributed by atoms with E-state index in [1.165, 1.54) is 11.8 Å². The zero-order valence-corrected chi connectivity index (χ0v) is 15.5. The Morgan fingerprint density at radius 1 is 1.30 bits per heavy atom. The van der Waals surface area contributed by atoms with E-state index in [1.807, 2.05) is 24.3 Å². The second-order valence-electron chi connectivity index (χ2n) is 5.27. The van der Waals surface area contributed by atoms with E-state index in [-0.39, 0.29) is 18.0 Å². The average Bonchev–Trinajstić information content (AvgIpc) is 2.55. The topological polar surface area (TPSA) is 58.6 Å². The molecule has 0 saturated carbocycles. The van der Waals surface area contributed by atoms with Crippen LogP contribution >= 0.6 is 27.7 Å². The molecule has 5 nitrogen and oxygen atoms in total. The molecule has 1 aliphatic heterocycles. The predicted molar refractivity (Wildman–Crippen MR) is 94.6 cm³/mol. The van der Waals surface area contributed by atoms with Crippen molar-refractivity contribution in [1.82, 2.24) is 10.2 Å². The van der Waals surface area contributed by atoms with Gasteiger partial charge in [-0.25, -0.2) is 4.79 Å². The van der Waals surface area contributed by atoms with Gasteiger partial charge in [0.1, 0.15) is 0 Å². The minimum Gasteiger partial charge on any atom is -0.450 e. The molecule has 0 spiro atoms. The minimum absolute atomic E-state index is 0.0347. The molecule has 2 amide bonds. The second kappa shape index (κ2) is 9.17. The molecular formula is C16H21BrN2O3S. The number of halogens is 1. The molecule has 7 heteroatoms. The summed E-state index contributed by atoms with van der Waals surface area (Å²) in [7, 11) is 0. The highest BCUT2D eigenvalue weighted by molar-refractivity contribution is 9.10. The minimum atomic E-state index is -0.261. The molecule has 1 fully saturated rings. The third-order valence-corrected chi connectivity index (χ3v) is 5.11. The molecule has 2 rings (SSSR count). The Labute approximate surface area is 149 Å². The van der Waals surface area contributed by atoms with Crippen molar-refractivity contribution in [3.05, 3.63) is 28.7 Å². The largest absolute Gasteiger partial charge is 0.450 e. The zero-order valence-electron chi connectivity index (χ0n) is 13.1. The van der Waals surface area contributed by atoms with E-state index in [1.54, 1.807) is 11.8 Å². The van der Waals surface area contributed by atoms with Gasteiger partial charge in [0.15, 0.2) is 0 Å². The quantitative estimate of drug-likeness (QED) is 0.770. The van der Waals surface area contributed by atoms with E-state index < -0.39 is 0 Å². The van der Waals surface area contributed by atoms with Crippen LogP contribution in [0.15, 0.2) is 33.6 Å². The summed E-state index contributed by atoms with van der Waals surface area (Å²) < 4.78 is 6.01. The highest BCUT2D eigenvalue weighted by atomic mass is 79.9. The number of hydrogen-bond acceptors (Lipinski definition) is 4. The number of nitrogens with zero attached hydrogens (tertiary/aromatic N) is 1. The van der Waals surface area contributed by atoms with Gasteiger partial charge >= 0.3 is 6.09 Å². The number of likely N-dealkylation sites (tertiary alicyclic amines) is 1. The molecule has 0 aromatic heterocycles. The van der Waals surface area contributed by atoms with Crippen molar-refractivity contribution >= 4 is 39.7 Å². The summed E-state index contributed by atoms with van der Waals surface area (Å²) in [6.07, 6.45) is 1.28. The van der Waals surface area contributed by atoms with Crippen LogP contribution in [0.2, 0.25) is 0 Å². The van der Waals surface area contributed by atoms with Crippen molar-refractivity contribution in [3.63, 3.8) is 0 Å². The lowest BCUT2D eigenvalue weighted by Crippen LogP contribution is -2.47. The summed E-state index contributed by atoms with van der Waals surface area (Å²) in [6, 6.07) is 8.04. The Morgan fingerprint density at radius 3 is 2.57 bits per heavy atom. The molecule has 126 valence electrons. The van der Waals surface area contributed by atoms with Gasteiger partial charge in [0, 0.05) is 28.5 Å². The summed E-state index contributed by atoms with van der Waals surface area (Å²) in [5, 5.41) is 3.04. The van der Waals surface area contributed by atoms with Crippen molar-refractivity contribution in [2.24, 2.45) is 0 Å². The molecule has 0 radical (unpaired) electrons. The Morgan fingerprint density at radius 2 is 1.96 bits per heavy atom. The Hall–Kier alpha value is -1.21. The van der Waals surface area contributed by atoms with Crippen molar-refractivity contribution in [1.29, 1.82) is 0 Å². The molecule has 1 aliphatic rings. The SMILES string of the molecule is CCOC(=O)N1CCC(NC(=O)CSc2ccc(Br)cc2)CC1. The molecule has 1 saturated heterocycles. The van der Waals surface area contributed by atoms with Crippen LogP contribution < -0.4 is 5.32 Å². The van der Waals surface area contributed by atoms with Gasteiger partial charge in [0.2, 0.25) is 5.91 Å². The molecule has 0 bridgehead atoms. The van der Waals surface area contributed by atoms with Crippen LogP contribution in [-0.4, -0.2) is 48.4 Å². The van der Waals surface area contributed by atoms with E-state index in [4.69, 9.17) is 4.74 Å². The third-order valence-electron chi connectivity index (χ3n) is 3.57. The Balaban J connectivity index is 1.68. The molecule has 23 heavy (non-hydrogen) atoms. The molecule has 1 heterocycles. The second-order valence-corrected chi connectivity index (χ2v) is 7.23. The maximum Gasteiger partial charge on any atom is 0.409 e. The maximum absolute atomic E-state index is 12.0. The number of piperidine rings is 1. The number of nitrogens with one attached hydrogen (secondary N) is 1. The highest BCUT2D eigenvalue weighted by Crippen LogP contribution is 2.20. The van der Waals surface area contributed by atoms with Crippen molar-refractivity contribution in [3.8, 4) is 0 Å². The first kappa shape index (κ1) is 18.1. The Bertz CT molecular complexity index is 531. The van der Waals surface area contributed by atoms with Crippen LogP contribution in [0.1, 0.15) is 19.8 Å². The third kappa shape index (κ3) is 6.06. The number of ether oxygens (including phenoxy) is 1. The number of thioether (sulfide) groups is 1. The van der Waals surface area contributed by atoms with Gasteiger partial charge < -0.3 is 15.0 Å². The predicted octanol–water partition coefficient (Wildman–Crippen LogP) is 3.28. The molecule has 1 aromatic rings. The smallest absolute Gasteiger partial charge is 0.409 e. The number of rotatable bonds is 5. The van der Waals surface area contributed by atoms with Gasteiger partial charge in [0.05, 0.1) is 12.4 Å². The average molecular weight is 401 g/mol. The van der Waals surface area contributed by atoms with Gasteiger partial charge in [-0.1, -0.05) is 15.9 Å². The van der Waals surface area contributed by atoms with E-state index in [0.29, 0.717) is 25.4 Å². The summed E-state index contributed by atoms with van der Waals surface area (Å²) in [4.78, 5) is 26.4. The number of amides is 2. The number of carbonyl (C=O) groups excluding carboxylic acids is 2. The summed E-state index contributed by atoms with van der Waals surface area (Å²) >= 11 is 4.91. The summed E-state index contributed by atoms with van der Waals surface area (Å²) in [5.74, 6) is 0.437. The van der Waals surface area contributed by atoms with Crippen molar-refractivity contribution in [2.45, 2.75) is 30.7 Å². The van der Waals surface area contributed by atoms with E-state index >= 15 is 0 Å². The maximum atomic E-state index is 12.0. The van der Waals surface area contributed by atoms with Crippen LogP contribution in [0.5, 0.6) is 0 Å². The van der Waals surface area contributed by atoms with Gasteiger partial charge in [-0.2, -0.15) is 0 Å². The summed E-state index contributed by atoms with van der Waals surface area (Å²) in [5.41, 5.74) is 0. The summed E-state index contributed by atoms with van der Waals surface area (Å²) in [6.45, 7) is 3.45. The first-order chi connectivity index (χ1) is 11.1. The molecule has 0 aliphatic carbocycles. The number of benzene rings is 1. The first-order valence-corrected chi connectivity index (χ1v) is 9.45. The Kier molecular flexibility index (Phi) is 7.23. The van der Waals surface area contributed by atoms with Crippen LogP contribution in [0.3, 0.4) is 0 Å². The van der Waals surface area contributed by atoms with Gasteiger partial charge in [-0.15, -0.1) is 11.8 Å². The van der Waals surface area contributed by atoms with Crippen molar-refractivity contribution < 1.29 is 14.3 Å². The zero-order chi connectivity index (χ0) is 16.7. The normalized spacial score (nSPS) is 15.3. The fraction of sp³-hybridized carbons (Fsp3) is 0.500. The van der Waals surface area contributed by atoms with Gasteiger partial charge in [-0.05, 0) is 44.0 Å². The van der Waals surface area contributed by atoms with E-state index in [9.17, 15) is 9.59 Å². The van der Waals surface area contributed by atoms with E-state index in [2.05, 4.69) is 21.2 Å². The van der Waals surface area contributed by atoms with Crippen LogP contribution in [0.4, 0.5) is 4.79 Å². The molecular weight excluding hydrogens is 380 g/mol. The number of hydrogen-bond donors (Lipinski definition) is 1. The first-order valence-electron chi connectivity index (χ1n) is 7.68. The van der Waals surface area contributed by atoms with Gasteiger partial charge in [0.25, 0.3) is 0 Å².